The molecule has 1 aliphatic heterocycles. The lowest BCUT2D eigenvalue weighted by Gasteiger charge is -2.26. The Labute approximate surface area is 138 Å². The average Bonchev–Trinajstić information content (AvgIpc) is 2.56. The minimum Gasteiger partial charge on any atom is -0.379 e. The Hall–Kier alpha value is -1.64. The molecule has 0 bridgehead atoms. The average molecular weight is 346 g/mol. The first kappa shape index (κ1) is 18.7. The van der Waals surface area contributed by atoms with Gasteiger partial charge in [-0.1, -0.05) is 30.3 Å². The molecule has 1 amide bonds. The van der Waals surface area contributed by atoms with Crippen molar-refractivity contribution in [2.24, 2.45) is 0 Å². The second kappa shape index (κ2) is 9.00. The molecular formula is C16H21F3N2O3. The molecule has 1 aromatic carbocycles. The first-order valence-electron chi connectivity index (χ1n) is 7.77. The molecule has 1 atom stereocenters. The fourth-order valence-electron chi connectivity index (χ4n) is 2.40. The van der Waals surface area contributed by atoms with Crippen molar-refractivity contribution in [2.45, 2.75) is 12.3 Å². The first-order valence-corrected chi connectivity index (χ1v) is 7.77. The zero-order valence-corrected chi connectivity index (χ0v) is 13.2. The fourth-order valence-corrected chi connectivity index (χ4v) is 2.40. The van der Waals surface area contributed by atoms with Gasteiger partial charge in [0.25, 0.3) is 0 Å². The van der Waals surface area contributed by atoms with Gasteiger partial charge in [0.1, 0.15) is 6.61 Å². The van der Waals surface area contributed by atoms with Gasteiger partial charge in [0, 0.05) is 26.2 Å². The van der Waals surface area contributed by atoms with Gasteiger partial charge in [0.05, 0.1) is 13.2 Å². The lowest BCUT2D eigenvalue weighted by Crippen LogP contribution is -2.42. The zero-order chi connectivity index (χ0) is 17.4. The number of ether oxygens (including phenoxy) is 2. The van der Waals surface area contributed by atoms with E-state index in [4.69, 9.17) is 9.47 Å². The SMILES string of the molecule is O=C(COC(c1ccccc1)C(F)(F)F)NCCN1CCOCC1. The molecule has 2 rings (SSSR count). The number of morpholine rings is 1. The largest absolute Gasteiger partial charge is 0.418 e. The van der Waals surface area contributed by atoms with Gasteiger partial charge >= 0.3 is 6.18 Å². The van der Waals surface area contributed by atoms with Crippen molar-refractivity contribution >= 4 is 5.91 Å². The number of amides is 1. The monoisotopic (exact) mass is 346 g/mol. The van der Waals surface area contributed by atoms with Gasteiger partial charge in [-0.3, -0.25) is 9.69 Å². The Bertz CT molecular complexity index is 505. The minimum absolute atomic E-state index is 0.0221. The summed E-state index contributed by atoms with van der Waals surface area (Å²) < 4.78 is 49.3. The number of hydrogen-bond acceptors (Lipinski definition) is 4. The normalized spacial score (nSPS) is 17.5. The number of carbonyl (C=O) groups is 1. The van der Waals surface area contributed by atoms with Crippen LogP contribution in [0.5, 0.6) is 0 Å². The summed E-state index contributed by atoms with van der Waals surface area (Å²) in [4.78, 5) is 13.8. The van der Waals surface area contributed by atoms with Crippen LogP contribution >= 0.6 is 0 Å². The molecule has 0 radical (unpaired) electrons. The molecule has 8 heteroatoms. The highest BCUT2D eigenvalue weighted by atomic mass is 19.4. The van der Waals surface area contributed by atoms with Crippen LogP contribution in [0.25, 0.3) is 0 Å². The highest BCUT2D eigenvalue weighted by Crippen LogP contribution is 2.35. The molecule has 1 aliphatic rings. The molecule has 1 N–H and O–H groups in total. The predicted molar refractivity (Wildman–Crippen MR) is 81.5 cm³/mol. The summed E-state index contributed by atoms with van der Waals surface area (Å²) in [5.74, 6) is -0.562. The van der Waals surface area contributed by atoms with E-state index in [0.29, 0.717) is 26.3 Å². The van der Waals surface area contributed by atoms with Crippen molar-refractivity contribution in [1.82, 2.24) is 10.2 Å². The molecule has 1 heterocycles. The van der Waals surface area contributed by atoms with Gasteiger partial charge in [-0.25, -0.2) is 0 Å². The van der Waals surface area contributed by atoms with Crippen LogP contribution in [0.4, 0.5) is 13.2 Å². The van der Waals surface area contributed by atoms with Crippen molar-refractivity contribution in [3.05, 3.63) is 35.9 Å². The standard InChI is InChI=1S/C16H21F3N2O3/c17-16(18,19)15(13-4-2-1-3-5-13)24-12-14(22)20-6-7-21-8-10-23-11-9-21/h1-5,15H,6-12H2,(H,20,22). The Balaban J connectivity index is 1.75. The second-order valence-electron chi connectivity index (χ2n) is 5.45. The Kier molecular flexibility index (Phi) is 7.01. The van der Waals surface area contributed by atoms with Gasteiger partial charge < -0.3 is 14.8 Å². The van der Waals surface area contributed by atoms with Crippen LogP contribution in [0.1, 0.15) is 11.7 Å². The summed E-state index contributed by atoms with van der Waals surface area (Å²) in [5, 5.41) is 2.57. The van der Waals surface area contributed by atoms with E-state index in [1.807, 2.05) is 0 Å². The second-order valence-corrected chi connectivity index (χ2v) is 5.45. The van der Waals surface area contributed by atoms with Crippen LogP contribution < -0.4 is 5.32 Å². The maximum Gasteiger partial charge on any atom is 0.418 e. The van der Waals surface area contributed by atoms with Gasteiger partial charge in [0.2, 0.25) is 5.91 Å². The number of carbonyl (C=O) groups excluding carboxylic acids is 1. The van der Waals surface area contributed by atoms with Crippen LogP contribution in [0.3, 0.4) is 0 Å². The summed E-state index contributed by atoms with van der Waals surface area (Å²) in [6.45, 7) is 3.25. The molecule has 1 saturated heterocycles. The maximum absolute atomic E-state index is 13.1. The minimum atomic E-state index is -4.57. The first-order chi connectivity index (χ1) is 11.5. The highest BCUT2D eigenvalue weighted by Gasteiger charge is 2.42. The number of rotatable bonds is 7. The van der Waals surface area contributed by atoms with Crippen molar-refractivity contribution in [2.75, 3.05) is 46.0 Å². The quantitative estimate of drug-likeness (QED) is 0.817. The van der Waals surface area contributed by atoms with E-state index in [2.05, 4.69) is 10.2 Å². The van der Waals surface area contributed by atoms with E-state index in [1.54, 1.807) is 6.07 Å². The molecule has 0 aromatic heterocycles. The summed E-state index contributed by atoms with van der Waals surface area (Å²) in [6, 6.07) is 7.28. The maximum atomic E-state index is 13.1. The lowest BCUT2D eigenvalue weighted by molar-refractivity contribution is -0.223. The third-order valence-electron chi connectivity index (χ3n) is 3.63. The highest BCUT2D eigenvalue weighted by molar-refractivity contribution is 5.77. The molecule has 1 fully saturated rings. The van der Waals surface area contributed by atoms with E-state index in [9.17, 15) is 18.0 Å². The van der Waals surface area contributed by atoms with E-state index < -0.39 is 24.8 Å². The molecule has 1 aromatic rings. The van der Waals surface area contributed by atoms with Crippen LogP contribution in [0, 0.1) is 0 Å². The molecule has 0 saturated carbocycles. The molecule has 0 aliphatic carbocycles. The molecule has 5 nitrogen and oxygen atoms in total. The number of benzene rings is 1. The van der Waals surface area contributed by atoms with Crippen LogP contribution in [-0.4, -0.2) is 63.0 Å². The summed E-state index contributed by atoms with van der Waals surface area (Å²) >= 11 is 0. The van der Waals surface area contributed by atoms with Crippen LogP contribution in [0.2, 0.25) is 0 Å². The smallest absolute Gasteiger partial charge is 0.379 e. The molecule has 24 heavy (non-hydrogen) atoms. The summed E-state index contributed by atoms with van der Waals surface area (Å²) in [5.41, 5.74) is -0.0221. The zero-order valence-electron chi connectivity index (χ0n) is 13.2. The van der Waals surface area contributed by atoms with E-state index in [-0.39, 0.29) is 5.56 Å². The predicted octanol–water partition coefficient (Wildman–Crippen LogP) is 1.76. The number of halogens is 3. The van der Waals surface area contributed by atoms with Crippen LogP contribution in [-0.2, 0) is 14.3 Å². The summed E-state index contributed by atoms with van der Waals surface area (Å²) in [6.07, 6.45) is -6.68. The van der Waals surface area contributed by atoms with Crippen molar-refractivity contribution in [3.63, 3.8) is 0 Å². The Morgan fingerprint density at radius 2 is 1.92 bits per heavy atom. The van der Waals surface area contributed by atoms with E-state index in [0.717, 1.165) is 13.1 Å². The number of hydrogen-bond donors (Lipinski definition) is 1. The lowest BCUT2D eigenvalue weighted by atomic mass is 10.1. The van der Waals surface area contributed by atoms with Crippen molar-refractivity contribution in [3.8, 4) is 0 Å². The number of alkyl halides is 3. The van der Waals surface area contributed by atoms with Gasteiger partial charge in [0.15, 0.2) is 6.10 Å². The third-order valence-corrected chi connectivity index (χ3v) is 3.63. The fraction of sp³-hybridized carbons (Fsp3) is 0.562. The third kappa shape index (κ3) is 6.10. The van der Waals surface area contributed by atoms with Gasteiger partial charge in [-0.15, -0.1) is 0 Å². The number of nitrogens with zero attached hydrogens (tertiary/aromatic N) is 1. The van der Waals surface area contributed by atoms with Gasteiger partial charge in [-0.05, 0) is 5.56 Å². The topological polar surface area (TPSA) is 50.8 Å². The van der Waals surface area contributed by atoms with Crippen molar-refractivity contribution < 1.29 is 27.4 Å². The Morgan fingerprint density at radius 1 is 1.25 bits per heavy atom. The number of nitrogens with one attached hydrogen (secondary N) is 1. The molecular weight excluding hydrogens is 325 g/mol. The van der Waals surface area contributed by atoms with E-state index >= 15 is 0 Å². The van der Waals surface area contributed by atoms with Crippen molar-refractivity contribution in [1.29, 1.82) is 0 Å². The molecule has 0 spiro atoms. The van der Waals surface area contributed by atoms with Crippen LogP contribution in [0.15, 0.2) is 30.3 Å². The molecule has 134 valence electrons. The molecule has 1 unspecified atom stereocenters. The Morgan fingerprint density at radius 3 is 2.54 bits per heavy atom. The summed E-state index contributed by atoms with van der Waals surface area (Å²) in [7, 11) is 0. The van der Waals surface area contributed by atoms with E-state index in [1.165, 1.54) is 24.3 Å². The van der Waals surface area contributed by atoms with Gasteiger partial charge in [-0.2, -0.15) is 13.2 Å².